The van der Waals surface area contributed by atoms with Crippen LogP contribution < -0.4 is 5.32 Å². The van der Waals surface area contributed by atoms with Gasteiger partial charge in [0.25, 0.3) is 0 Å². The summed E-state index contributed by atoms with van der Waals surface area (Å²) in [4.78, 5) is 24.2. The van der Waals surface area contributed by atoms with Crippen molar-refractivity contribution in [1.29, 1.82) is 0 Å². The fraction of sp³-hybridized carbons (Fsp3) is 0.200. The molecule has 0 saturated carbocycles. The van der Waals surface area contributed by atoms with Gasteiger partial charge in [-0.1, -0.05) is 0 Å². The predicted molar refractivity (Wildman–Crippen MR) is 61.5 cm³/mol. The van der Waals surface area contributed by atoms with Crippen LogP contribution in [0.1, 0.15) is 5.56 Å². The minimum atomic E-state index is -0.603. The summed E-state index contributed by atoms with van der Waals surface area (Å²) < 4.78 is 1.23. The smallest absolute Gasteiger partial charge is 0.367 e. The number of hydrogen-bond donors (Lipinski definition) is 2. The van der Waals surface area contributed by atoms with Crippen LogP contribution in [0.2, 0.25) is 0 Å². The molecular weight excluding hydrogens is 238 g/mol. The fourth-order valence-electron chi connectivity index (χ4n) is 1.41. The first-order valence-corrected chi connectivity index (χ1v) is 5.21. The molecule has 0 saturated heterocycles. The van der Waals surface area contributed by atoms with Crippen molar-refractivity contribution in [3.8, 4) is 0 Å². The minimum Gasteiger partial charge on any atom is -0.367 e. The molecule has 0 aliphatic carbocycles. The number of carbonyl (C=O) groups is 1. The number of amides is 1. The average Bonchev–Trinajstić information content (AvgIpc) is 2.96. The third-order valence-electron chi connectivity index (χ3n) is 2.27. The summed E-state index contributed by atoms with van der Waals surface area (Å²) in [5.41, 5.74) is 0.954. The van der Waals surface area contributed by atoms with E-state index in [4.69, 9.17) is 0 Å². The predicted octanol–water partition coefficient (Wildman–Crippen LogP) is 0.436. The molecule has 0 aliphatic heterocycles. The van der Waals surface area contributed by atoms with E-state index < -0.39 is 4.92 Å². The van der Waals surface area contributed by atoms with Crippen LogP contribution in [0.15, 0.2) is 30.7 Å². The summed E-state index contributed by atoms with van der Waals surface area (Å²) in [5.74, 6) is -0.525. The topological polar surface area (TPSA) is 106 Å². The zero-order valence-corrected chi connectivity index (χ0v) is 9.37. The second-order valence-corrected chi connectivity index (χ2v) is 3.62. The zero-order chi connectivity index (χ0) is 13.0. The second-order valence-electron chi connectivity index (χ2n) is 3.62. The maximum atomic E-state index is 11.5. The first-order valence-electron chi connectivity index (χ1n) is 5.21. The van der Waals surface area contributed by atoms with Crippen LogP contribution in [0.5, 0.6) is 0 Å². The number of carbonyl (C=O) groups excluding carboxylic acids is 1. The van der Waals surface area contributed by atoms with E-state index in [0.29, 0.717) is 6.54 Å². The monoisotopic (exact) mass is 249 g/mol. The van der Waals surface area contributed by atoms with Crippen LogP contribution in [0.3, 0.4) is 0 Å². The Morgan fingerprint density at radius 1 is 1.56 bits per heavy atom. The molecule has 0 unspecified atom stereocenters. The van der Waals surface area contributed by atoms with E-state index in [2.05, 4.69) is 15.4 Å². The highest BCUT2D eigenvalue weighted by Gasteiger charge is 2.13. The van der Waals surface area contributed by atoms with Gasteiger partial charge >= 0.3 is 5.82 Å². The SMILES string of the molecule is O=C(Cn1ccc([N+](=O)[O-])n1)NCc1cc[nH]c1. The summed E-state index contributed by atoms with van der Waals surface area (Å²) in [7, 11) is 0. The van der Waals surface area contributed by atoms with Gasteiger partial charge in [-0.25, -0.2) is 0 Å². The van der Waals surface area contributed by atoms with Crippen molar-refractivity contribution in [1.82, 2.24) is 20.1 Å². The highest BCUT2D eigenvalue weighted by Crippen LogP contribution is 2.04. The van der Waals surface area contributed by atoms with Crippen LogP contribution >= 0.6 is 0 Å². The maximum absolute atomic E-state index is 11.5. The van der Waals surface area contributed by atoms with Crippen molar-refractivity contribution in [3.63, 3.8) is 0 Å². The van der Waals surface area contributed by atoms with Crippen molar-refractivity contribution < 1.29 is 9.72 Å². The van der Waals surface area contributed by atoms with Crippen LogP contribution in [0.25, 0.3) is 0 Å². The molecule has 2 aromatic rings. The van der Waals surface area contributed by atoms with E-state index >= 15 is 0 Å². The molecule has 1 amide bonds. The molecule has 18 heavy (non-hydrogen) atoms. The Balaban J connectivity index is 1.85. The van der Waals surface area contributed by atoms with Gasteiger partial charge < -0.3 is 20.4 Å². The van der Waals surface area contributed by atoms with Crippen molar-refractivity contribution in [2.75, 3.05) is 0 Å². The Bertz CT molecular complexity index is 546. The molecule has 0 bridgehead atoms. The standard InChI is InChI=1S/C10H11N5O3/c16-10(12-6-8-1-3-11-5-8)7-14-4-2-9(13-14)15(17)18/h1-5,11H,6-7H2,(H,12,16). The lowest BCUT2D eigenvalue weighted by molar-refractivity contribution is -0.389. The first kappa shape index (κ1) is 11.8. The molecule has 0 atom stereocenters. The van der Waals surface area contributed by atoms with Gasteiger partial charge in [0.15, 0.2) is 0 Å². The van der Waals surface area contributed by atoms with Crippen molar-refractivity contribution >= 4 is 11.7 Å². The molecule has 8 heteroatoms. The lowest BCUT2D eigenvalue weighted by Crippen LogP contribution is -2.27. The third-order valence-corrected chi connectivity index (χ3v) is 2.27. The average molecular weight is 249 g/mol. The van der Waals surface area contributed by atoms with Gasteiger partial charge in [-0.2, -0.15) is 4.68 Å². The first-order chi connectivity index (χ1) is 8.65. The molecule has 2 N–H and O–H groups in total. The normalized spacial score (nSPS) is 10.2. The number of nitrogens with one attached hydrogen (secondary N) is 2. The number of aromatic nitrogens is 3. The van der Waals surface area contributed by atoms with Crippen LogP contribution in [0.4, 0.5) is 5.82 Å². The number of aromatic amines is 1. The van der Waals surface area contributed by atoms with Gasteiger partial charge in [-0.05, 0) is 16.6 Å². The molecule has 2 heterocycles. The molecule has 0 aromatic carbocycles. The maximum Gasteiger partial charge on any atom is 0.389 e. The van der Waals surface area contributed by atoms with Crippen molar-refractivity contribution in [2.24, 2.45) is 0 Å². The molecule has 2 aromatic heterocycles. The van der Waals surface area contributed by atoms with Crippen LogP contribution in [0, 0.1) is 10.1 Å². The minimum absolute atomic E-state index is 0.0434. The molecule has 0 aliphatic rings. The summed E-state index contributed by atoms with van der Waals surface area (Å²) in [5, 5.41) is 16.7. The Morgan fingerprint density at radius 2 is 2.39 bits per heavy atom. The van der Waals surface area contributed by atoms with E-state index in [0.717, 1.165) is 5.56 Å². The molecule has 8 nitrogen and oxygen atoms in total. The van der Waals surface area contributed by atoms with Gasteiger partial charge in [-0.3, -0.25) is 4.79 Å². The van der Waals surface area contributed by atoms with Crippen molar-refractivity contribution in [2.45, 2.75) is 13.1 Å². The Kier molecular flexibility index (Phi) is 3.37. The van der Waals surface area contributed by atoms with Gasteiger partial charge in [0.05, 0.1) is 17.4 Å². The van der Waals surface area contributed by atoms with E-state index in [9.17, 15) is 14.9 Å². The zero-order valence-electron chi connectivity index (χ0n) is 9.37. The van der Waals surface area contributed by atoms with E-state index in [1.54, 1.807) is 12.4 Å². The Hall–Kier alpha value is -2.64. The largest absolute Gasteiger partial charge is 0.389 e. The third kappa shape index (κ3) is 2.94. The number of nitro groups is 1. The molecule has 0 radical (unpaired) electrons. The molecule has 2 rings (SSSR count). The summed E-state index contributed by atoms with van der Waals surface area (Å²) >= 11 is 0. The lowest BCUT2D eigenvalue weighted by Gasteiger charge is -2.01. The number of H-pyrrole nitrogens is 1. The second kappa shape index (κ2) is 5.13. The summed E-state index contributed by atoms with van der Waals surface area (Å²) in [6, 6.07) is 3.10. The van der Waals surface area contributed by atoms with Gasteiger partial charge in [0.2, 0.25) is 5.91 Å². The Labute approximate surface area is 102 Å². The van der Waals surface area contributed by atoms with E-state index in [-0.39, 0.29) is 18.3 Å². The van der Waals surface area contributed by atoms with Gasteiger partial charge in [-0.15, -0.1) is 0 Å². The van der Waals surface area contributed by atoms with Crippen molar-refractivity contribution in [3.05, 3.63) is 46.4 Å². The molecule has 0 spiro atoms. The van der Waals surface area contributed by atoms with E-state index in [1.165, 1.54) is 16.9 Å². The number of hydrogen-bond acceptors (Lipinski definition) is 4. The van der Waals surface area contributed by atoms with Gasteiger partial charge in [0.1, 0.15) is 6.54 Å². The molecule has 94 valence electrons. The lowest BCUT2D eigenvalue weighted by atomic mass is 10.3. The number of rotatable bonds is 5. The summed E-state index contributed by atoms with van der Waals surface area (Å²) in [6.07, 6.45) is 4.94. The Morgan fingerprint density at radius 3 is 3.00 bits per heavy atom. The van der Waals surface area contributed by atoms with E-state index in [1.807, 2.05) is 6.07 Å². The molecule has 0 fully saturated rings. The highest BCUT2D eigenvalue weighted by atomic mass is 16.6. The van der Waals surface area contributed by atoms with Crippen LogP contribution in [-0.4, -0.2) is 25.6 Å². The number of nitrogens with zero attached hydrogens (tertiary/aromatic N) is 3. The molecular formula is C10H11N5O3. The van der Waals surface area contributed by atoms with Crippen LogP contribution in [-0.2, 0) is 17.9 Å². The van der Waals surface area contributed by atoms with Gasteiger partial charge in [0, 0.05) is 18.9 Å². The summed E-state index contributed by atoms with van der Waals surface area (Å²) in [6.45, 7) is 0.365. The highest BCUT2D eigenvalue weighted by molar-refractivity contribution is 5.75. The fourth-order valence-corrected chi connectivity index (χ4v) is 1.41. The quantitative estimate of drug-likeness (QED) is 0.592.